The molecule has 2 aromatic carbocycles. The van der Waals surface area contributed by atoms with Crippen LogP contribution in [0.15, 0.2) is 47.4 Å². The predicted molar refractivity (Wildman–Crippen MR) is 126 cm³/mol. The van der Waals surface area contributed by atoms with Crippen LogP contribution in [-0.4, -0.2) is 58.0 Å². The Labute approximate surface area is 194 Å². The van der Waals surface area contributed by atoms with E-state index in [0.717, 1.165) is 44.5 Å². The maximum atomic E-state index is 13.1. The number of carbonyl (C=O) groups excluding carboxylic acids is 1. The van der Waals surface area contributed by atoms with Crippen molar-refractivity contribution in [3.8, 4) is 0 Å². The third kappa shape index (κ3) is 5.26. The number of nitrogens with zero attached hydrogens (tertiary/aromatic N) is 2. The second-order valence-electron chi connectivity index (χ2n) is 8.06. The number of sulfonamides is 1. The highest BCUT2D eigenvalue weighted by Gasteiger charge is 2.26. The van der Waals surface area contributed by atoms with Crippen LogP contribution in [0, 0.1) is 0 Å². The number of rotatable bonds is 5. The summed E-state index contributed by atoms with van der Waals surface area (Å²) in [7, 11) is -3.67. The Hall–Kier alpha value is -2.13. The molecule has 2 aliphatic rings. The molecule has 0 unspecified atom stereocenters. The molecule has 7 nitrogen and oxygen atoms in total. The Bertz CT molecular complexity index is 1050. The van der Waals surface area contributed by atoms with Crippen LogP contribution in [0.2, 0.25) is 5.02 Å². The molecule has 0 saturated carbocycles. The first-order chi connectivity index (χ1) is 15.4. The number of carbonyl (C=O) groups is 1. The lowest BCUT2D eigenvalue weighted by molar-refractivity contribution is 0.102. The van der Waals surface area contributed by atoms with Crippen LogP contribution < -0.4 is 10.2 Å². The van der Waals surface area contributed by atoms with Crippen molar-refractivity contribution in [1.29, 1.82) is 0 Å². The van der Waals surface area contributed by atoms with Gasteiger partial charge >= 0.3 is 0 Å². The van der Waals surface area contributed by atoms with Gasteiger partial charge in [0.25, 0.3) is 5.91 Å². The zero-order valence-corrected chi connectivity index (χ0v) is 19.5. The van der Waals surface area contributed by atoms with E-state index >= 15 is 0 Å². The molecular formula is C23H28ClN3O4S. The minimum absolute atomic E-state index is 0.0941. The SMILES string of the molecule is O=C(Nc1ccc(N2CCOCC2)cc1)c1cc(S(=O)(=O)N2CCCCCC2)ccc1Cl. The predicted octanol–water partition coefficient (Wildman–Crippen LogP) is 3.99. The van der Waals surface area contributed by atoms with Gasteiger partial charge in [-0.2, -0.15) is 4.31 Å². The first-order valence-corrected chi connectivity index (χ1v) is 12.8. The molecule has 2 fully saturated rings. The van der Waals surface area contributed by atoms with E-state index in [4.69, 9.17) is 16.3 Å². The van der Waals surface area contributed by atoms with Gasteiger partial charge in [-0.05, 0) is 55.3 Å². The summed E-state index contributed by atoms with van der Waals surface area (Å²) < 4.78 is 33.1. The van der Waals surface area contributed by atoms with Crippen LogP contribution >= 0.6 is 11.6 Å². The number of benzene rings is 2. The lowest BCUT2D eigenvalue weighted by Crippen LogP contribution is -2.36. The summed E-state index contributed by atoms with van der Waals surface area (Å²) in [5.41, 5.74) is 1.82. The van der Waals surface area contributed by atoms with Crippen LogP contribution in [-0.2, 0) is 14.8 Å². The molecule has 32 heavy (non-hydrogen) atoms. The lowest BCUT2D eigenvalue weighted by Gasteiger charge is -2.28. The highest BCUT2D eigenvalue weighted by atomic mass is 35.5. The molecule has 4 rings (SSSR count). The van der Waals surface area contributed by atoms with Crippen molar-refractivity contribution in [1.82, 2.24) is 4.31 Å². The topological polar surface area (TPSA) is 79.0 Å². The van der Waals surface area contributed by atoms with E-state index in [1.54, 1.807) is 0 Å². The van der Waals surface area contributed by atoms with Gasteiger partial charge < -0.3 is 15.0 Å². The Morgan fingerprint density at radius 2 is 1.56 bits per heavy atom. The van der Waals surface area contributed by atoms with Crippen molar-refractivity contribution in [2.75, 3.05) is 49.6 Å². The Balaban J connectivity index is 1.50. The smallest absolute Gasteiger partial charge is 0.257 e. The molecule has 0 spiro atoms. The number of hydrogen-bond acceptors (Lipinski definition) is 5. The second-order valence-corrected chi connectivity index (χ2v) is 10.4. The van der Waals surface area contributed by atoms with Crippen LogP contribution in [0.3, 0.4) is 0 Å². The van der Waals surface area contributed by atoms with Gasteiger partial charge in [0.1, 0.15) is 0 Å². The van der Waals surface area contributed by atoms with Gasteiger partial charge in [0.2, 0.25) is 10.0 Å². The summed E-state index contributed by atoms with van der Waals surface area (Å²) in [4.78, 5) is 15.2. The number of anilines is 2. The standard InChI is InChI=1S/C23H28ClN3O4S/c24-22-10-9-20(32(29,30)27-11-3-1-2-4-12-27)17-21(22)23(28)25-18-5-7-19(8-6-18)26-13-15-31-16-14-26/h5-10,17H,1-4,11-16H2,(H,25,28). The zero-order valence-electron chi connectivity index (χ0n) is 17.9. The number of halogens is 1. The first kappa shape index (κ1) is 23.0. The van der Waals surface area contributed by atoms with E-state index in [2.05, 4.69) is 10.2 Å². The average Bonchev–Trinajstić information content (AvgIpc) is 3.10. The van der Waals surface area contributed by atoms with E-state index in [0.29, 0.717) is 32.0 Å². The number of nitrogens with one attached hydrogen (secondary N) is 1. The van der Waals surface area contributed by atoms with Gasteiger partial charge in [-0.1, -0.05) is 24.4 Å². The minimum Gasteiger partial charge on any atom is -0.378 e. The number of amides is 1. The molecule has 1 amide bonds. The maximum Gasteiger partial charge on any atom is 0.257 e. The molecule has 2 aliphatic heterocycles. The fourth-order valence-electron chi connectivity index (χ4n) is 4.05. The van der Waals surface area contributed by atoms with Crippen molar-refractivity contribution in [2.45, 2.75) is 30.6 Å². The van der Waals surface area contributed by atoms with Gasteiger partial charge in [-0.15, -0.1) is 0 Å². The molecule has 2 aromatic rings. The van der Waals surface area contributed by atoms with Crippen molar-refractivity contribution < 1.29 is 17.9 Å². The molecule has 0 bridgehead atoms. The maximum absolute atomic E-state index is 13.1. The van der Waals surface area contributed by atoms with Crippen LogP contribution in [0.5, 0.6) is 0 Å². The molecule has 172 valence electrons. The quantitative estimate of drug-likeness (QED) is 0.704. The molecule has 0 atom stereocenters. The molecule has 9 heteroatoms. The largest absolute Gasteiger partial charge is 0.378 e. The van der Waals surface area contributed by atoms with Gasteiger partial charge in [-0.3, -0.25) is 4.79 Å². The van der Waals surface area contributed by atoms with Gasteiger partial charge in [0, 0.05) is 37.6 Å². The molecule has 1 N–H and O–H groups in total. The molecule has 2 heterocycles. The number of hydrogen-bond donors (Lipinski definition) is 1. The monoisotopic (exact) mass is 477 g/mol. The van der Waals surface area contributed by atoms with E-state index < -0.39 is 15.9 Å². The van der Waals surface area contributed by atoms with E-state index in [-0.39, 0.29) is 15.5 Å². The summed E-state index contributed by atoms with van der Waals surface area (Å²) >= 11 is 6.26. The Morgan fingerprint density at radius 1 is 0.906 bits per heavy atom. The summed E-state index contributed by atoms with van der Waals surface area (Å²) in [5.74, 6) is -0.443. The lowest BCUT2D eigenvalue weighted by atomic mass is 10.2. The van der Waals surface area contributed by atoms with Crippen molar-refractivity contribution >= 4 is 38.9 Å². The third-order valence-electron chi connectivity index (χ3n) is 5.89. The van der Waals surface area contributed by atoms with Gasteiger partial charge in [-0.25, -0.2) is 8.42 Å². The Morgan fingerprint density at radius 3 is 2.22 bits per heavy atom. The second kappa shape index (κ2) is 10.2. The minimum atomic E-state index is -3.67. The fourth-order valence-corrected chi connectivity index (χ4v) is 5.79. The number of morpholine rings is 1. The number of ether oxygens (including phenoxy) is 1. The van der Waals surface area contributed by atoms with Crippen molar-refractivity contribution in [3.05, 3.63) is 53.1 Å². The van der Waals surface area contributed by atoms with Gasteiger partial charge in [0.05, 0.1) is 28.7 Å². The van der Waals surface area contributed by atoms with E-state index in [9.17, 15) is 13.2 Å². The van der Waals surface area contributed by atoms with Crippen molar-refractivity contribution in [2.24, 2.45) is 0 Å². The molecule has 0 radical (unpaired) electrons. The first-order valence-electron chi connectivity index (χ1n) is 11.0. The van der Waals surface area contributed by atoms with Crippen LogP contribution in [0.25, 0.3) is 0 Å². The summed E-state index contributed by atoms with van der Waals surface area (Å²) in [5, 5.41) is 3.03. The summed E-state index contributed by atoms with van der Waals surface area (Å²) in [6.07, 6.45) is 3.76. The highest BCUT2D eigenvalue weighted by Crippen LogP contribution is 2.26. The van der Waals surface area contributed by atoms with E-state index in [1.807, 2.05) is 24.3 Å². The van der Waals surface area contributed by atoms with Gasteiger partial charge in [0.15, 0.2) is 0 Å². The fraction of sp³-hybridized carbons (Fsp3) is 0.435. The molecule has 2 saturated heterocycles. The van der Waals surface area contributed by atoms with Crippen LogP contribution in [0.4, 0.5) is 11.4 Å². The summed E-state index contributed by atoms with van der Waals surface area (Å²) in [6.45, 7) is 4.07. The highest BCUT2D eigenvalue weighted by molar-refractivity contribution is 7.89. The molecular weight excluding hydrogens is 450 g/mol. The summed E-state index contributed by atoms with van der Waals surface area (Å²) in [6, 6.07) is 11.9. The Kier molecular flexibility index (Phi) is 7.35. The van der Waals surface area contributed by atoms with Crippen LogP contribution in [0.1, 0.15) is 36.0 Å². The van der Waals surface area contributed by atoms with Crippen molar-refractivity contribution in [3.63, 3.8) is 0 Å². The molecule has 0 aliphatic carbocycles. The zero-order chi connectivity index (χ0) is 22.6. The normalized spacial score (nSPS) is 18.2. The average molecular weight is 478 g/mol. The molecule has 0 aromatic heterocycles. The van der Waals surface area contributed by atoms with E-state index in [1.165, 1.54) is 22.5 Å². The third-order valence-corrected chi connectivity index (χ3v) is 8.11.